The van der Waals surface area contributed by atoms with Gasteiger partial charge in [0.1, 0.15) is 12.4 Å². The molecule has 1 saturated heterocycles. The molecule has 0 aliphatic carbocycles. The molecule has 1 fully saturated rings. The lowest BCUT2D eigenvalue weighted by molar-refractivity contribution is -0.126. The predicted molar refractivity (Wildman–Crippen MR) is 109 cm³/mol. The van der Waals surface area contributed by atoms with Crippen LogP contribution >= 0.6 is 11.6 Å². The molecule has 1 amide bonds. The second-order valence-corrected chi connectivity index (χ2v) is 7.52. The molecule has 4 nitrogen and oxygen atoms in total. The largest absolute Gasteiger partial charge is 0.491 e. The van der Waals surface area contributed by atoms with Crippen LogP contribution in [0.1, 0.15) is 24.0 Å². The number of piperidine rings is 1. The highest BCUT2D eigenvalue weighted by Crippen LogP contribution is 2.20. The van der Waals surface area contributed by atoms with Crippen LogP contribution in [0.3, 0.4) is 0 Å². The van der Waals surface area contributed by atoms with Crippen LogP contribution in [0.4, 0.5) is 0 Å². The molecule has 2 aromatic rings. The SMILES string of the molecule is Cc1ccccc1OCCNC(=O)C1CCN(Cc2cccc(Cl)c2)CC1. The van der Waals surface area contributed by atoms with Crippen LogP contribution in [0, 0.1) is 12.8 Å². The number of aryl methyl sites for hydroxylation is 1. The Bertz CT molecular complexity index is 757. The lowest BCUT2D eigenvalue weighted by Crippen LogP contribution is -2.41. The Labute approximate surface area is 166 Å². The van der Waals surface area contributed by atoms with Crippen molar-refractivity contribution in [2.75, 3.05) is 26.2 Å². The first-order chi connectivity index (χ1) is 13.1. The monoisotopic (exact) mass is 386 g/mol. The summed E-state index contributed by atoms with van der Waals surface area (Å²) in [6, 6.07) is 15.9. The molecule has 0 unspecified atom stereocenters. The first kappa shape index (κ1) is 19.7. The van der Waals surface area contributed by atoms with E-state index in [1.54, 1.807) is 0 Å². The summed E-state index contributed by atoms with van der Waals surface area (Å²) in [5.74, 6) is 1.12. The van der Waals surface area contributed by atoms with Gasteiger partial charge in [-0.25, -0.2) is 0 Å². The number of likely N-dealkylation sites (tertiary alicyclic amines) is 1. The molecular weight excluding hydrogens is 360 g/mol. The Morgan fingerprint density at radius 2 is 1.96 bits per heavy atom. The van der Waals surface area contributed by atoms with Gasteiger partial charge in [0, 0.05) is 17.5 Å². The van der Waals surface area contributed by atoms with Crippen LogP contribution in [0.15, 0.2) is 48.5 Å². The smallest absolute Gasteiger partial charge is 0.223 e. The second-order valence-electron chi connectivity index (χ2n) is 7.09. The molecule has 1 aliphatic rings. The molecule has 0 atom stereocenters. The number of amides is 1. The minimum Gasteiger partial charge on any atom is -0.491 e. The van der Waals surface area contributed by atoms with E-state index >= 15 is 0 Å². The zero-order valence-electron chi connectivity index (χ0n) is 15.8. The lowest BCUT2D eigenvalue weighted by atomic mass is 9.95. The summed E-state index contributed by atoms with van der Waals surface area (Å²) in [6.07, 6.45) is 1.79. The van der Waals surface area contributed by atoms with E-state index in [4.69, 9.17) is 16.3 Å². The fourth-order valence-electron chi connectivity index (χ4n) is 3.44. The van der Waals surface area contributed by atoms with Crippen molar-refractivity contribution in [3.8, 4) is 5.75 Å². The maximum atomic E-state index is 12.4. The summed E-state index contributed by atoms with van der Waals surface area (Å²) in [7, 11) is 0. The highest BCUT2D eigenvalue weighted by atomic mass is 35.5. The molecule has 0 aromatic heterocycles. The molecule has 0 radical (unpaired) electrons. The third kappa shape index (κ3) is 5.98. The van der Waals surface area contributed by atoms with Crippen LogP contribution in [-0.4, -0.2) is 37.0 Å². The molecular formula is C22H27ClN2O2. The Balaban J connectivity index is 1.35. The van der Waals surface area contributed by atoms with Crippen LogP contribution in [0.25, 0.3) is 0 Å². The van der Waals surface area contributed by atoms with Crippen molar-refractivity contribution in [2.24, 2.45) is 5.92 Å². The van der Waals surface area contributed by atoms with Crippen molar-refractivity contribution in [3.63, 3.8) is 0 Å². The number of carbonyl (C=O) groups is 1. The van der Waals surface area contributed by atoms with Crippen molar-refractivity contribution in [3.05, 3.63) is 64.7 Å². The third-order valence-corrected chi connectivity index (χ3v) is 5.24. The van der Waals surface area contributed by atoms with Gasteiger partial charge in [-0.1, -0.05) is 41.9 Å². The number of carbonyl (C=O) groups excluding carboxylic acids is 1. The van der Waals surface area contributed by atoms with E-state index in [1.807, 2.05) is 49.4 Å². The number of ether oxygens (including phenoxy) is 1. The zero-order chi connectivity index (χ0) is 19.1. The van der Waals surface area contributed by atoms with Crippen LogP contribution in [-0.2, 0) is 11.3 Å². The number of nitrogens with one attached hydrogen (secondary N) is 1. The quantitative estimate of drug-likeness (QED) is 0.730. The van der Waals surface area contributed by atoms with E-state index in [-0.39, 0.29) is 11.8 Å². The van der Waals surface area contributed by atoms with Crippen LogP contribution in [0.2, 0.25) is 5.02 Å². The van der Waals surface area contributed by atoms with Gasteiger partial charge in [0.2, 0.25) is 5.91 Å². The number of nitrogens with zero attached hydrogens (tertiary/aromatic N) is 1. The van der Waals surface area contributed by atoms with Crippen molar-refractivity contribution < 1.29 is 9.53 Å². The van der Waals surface area contributed by atoms with Crippen molar-refractivity contribution in [1.82, 2.24) is 10.2 Å². The van der Waals surface area contributed by atoms with Gasteiger partial charge in [-0.2, -0.15) is 0 Å². The zero-order valence-corrected chi connectivity index (χ0v) is 16.5. The molecule has 5 heteroatoms. The van der Waals surface area contributed by atoms with Gasteiger partial charge in [0.05, 0.1) is 6.54 Å². The summed E-state index contributed by atoms with van der Waals surface area (Å²) in [4.78, 5) is 14.8. The van der Waals surface area contributed by atoms with Gasteiger partial charge in [-0.15, -0.1) is 0 Å². The maximum absolute atomic E-state index is 12.4. The molecule has 1 heterocycles. The number of hydrogen-bond donors (Lipinski definition) is 1. The number of para-hydroxylation sites is 1. The van der Waals surface area contributed by atoms with E-state index in [9.17, 15) is 4.79 Å². The summed E-state index contributed by atoms with van der Waals surface area (Å²) < 4.78 is 5.73. The number of hydrogen-bond acceptors (Lipinski definition) is 3. The molecule has 2 aromatic carbocycles. The average molecular weight is 387 g/mol. The molecule has 3 rings (SSSR count). The Morgan fingerprint density at radius 3 is 2.70 bits per heavy atom. The second kappa shape index (κ2) is 9.77. The fraction of sp³-hybridized carbons (Fsp3) is 0.409. The molecule has 1 N–H and O–H groups in total. The van der Waals surface area contributed by atoms with Gasteiger partial charge in [0.25, 0.3) is 0 Å². The topological polar surface area (TPSA) is 41.6 Å². The Kier molecular flexibility index (Phi) is 7.13. The first-order valence-electron chi connectivity index (χ1n) is 9.55. The summed E-state index contributed by atoms with van der Waals surface area (Å²) in [5, 5.41) is 3.79. The molecule has 1 aliphatic heterocycles. The minimum atomic E-state index is 0.0964. The number of halogens is 1. The van der Waals surface area contributed by atoms with Gasteiger partial charge in [-0.3, -0.25) is 9.69 Å². The highest BCUT2D eigenvalue weighted by Gasteiger charge is 2.24. The van der Waals surface area contributed by atoms with Crippen LogP contribution < -0.4 is 10.1 Å². The van der Waals surface area contributed by atoms with Gasteiger partial charge in [-0.05, 0) is 62.2 Å². The summed E-state index contributed by atoms with van der Waals surface area (Å²) >= 11 is 6.05. The lowest BCUT2D eigenvalue weighted by Gasteiger charge is -2.31. The van der Waals surface area contributed by atoms with Gasteiger partial charge in [0.15, 0.2) is 0 Å². The normalized spacial score (nSPS) is 15.5. The molecule has 0 saturated carbocycles. The van der Waals surface area contributed by atoms with E-state index < -0.39 is 0 Å². The van der Waals surface area contributed by atoms with Gasteiger partial charge >= 0.3 is 0 Å². The Morgan fingerprint density at radius 1 is 1.19 bits per heavy atom. The third-order valence-electron chi connectivity index (χ3n) is 5.01. The van der Waals surface area contributed by atoms with Crippen molar-refractivity contribution in [2.45, 2.75) is 26.3 Å². The van der Waals surface area contributed by atoms with E-state index in [2.05, 4.69) is 16.3 Å². The standard InChI is InChI=1S/C22H27ClN2O2/c1-17-5-2-3-8-21(17)27-14-11-24-22(26)19-9-12-25(13-10-19)16-18-6-4-7-20(23)15-18/h2-8,15,19H,9-14,16H2,1H3,(H,24,26). The highest BCUT2D eigenvalue weighted by molar-refractivity contribution is 6.30. The maximum Gasteiger partial charge on any atom is 0.223 e. The first-order valence-corrected chi connectivity index (χ1v) is 9.92. The number of rotatable bonds is 7. The fourth-order valence-corrected chi connectivity index (χ4v) is 3.66. The summed E-state index contributed by atoms with van der Waals surface area (Å²) in [6.45, 7) is 5.80. The summed E-state index contributed by atoms with van der Waals surface area (Å²) in [5.41, 5.74) is 2.33. The number of benzene rings is 2. The molecule has 144 valence electrons. The Hall–Kier alpha value is -2.04. The van der Waals surface area contributed by atoms with Gasteiger partial charge < -0.3 is 10.1 Å². The predicted octanol–water partition coefficient (Wildman–Crippen LogP) is 4.06. The van der Waals surface area contributed by atoms with E-state index in [0.29, 0.717) is 13.2 Å². The minimum absolute atomic E-state index is 0.0964. The van der Waals surface area contributed by atoms with E-state index in [1.165, 1.54) is 5.56 Å². The molecule has 0 spiro atoms. The van der Waals surface area contributed by atoms with Crippen molar-refractivity contribution >= 4 is 17.5 Å². The molecule has 27 heavy (non-hydrogen) atoms. The average Bonchev–Trinajstić information content (AvgIpc) is 2.67. The molecule has 0 bridgehead atoms. The van der Waals surface area contributed by atoms with Crippen LogP contribution in [0.5, 0.6) is 5.75 Å². The van der Waals surface area contributed by atoms with E-state index in [0.717, 1.165) is 48.8 Å². The van der Waals surface area contributed by atoms with Crippen molar-refractivity contribution in [1.29, 1.82) is 0 Å².